The molecule has 6 atom stereocenters. The van der Waals surface area contributed by atoms with Crippen molar-refractivity contribution in [3.8, 4) is 0 Å². The van der Waals surface area contributed by atoms with Gasteiger partial charge < -0.3 is 19.5 Å². The van der Waals surface area contributed by atoms with Crippen molar-refractivity contribution in [1.29, 1.82) is 0 Å². The van der Waals surface area contributed by atoms with Gasteiger partial charge in [0, 0.05) is 0 Å². The van der Waals surface area contributed by atoms with E-state index in [1.807, 2.05) is 0 Å². The van der Waals surface area contributed by atoms with Gasteiger partial charge in [0.2, 0.25) is 0 Å². The van der Waals surface area contributed by atoms with Crippen molar-refractivity contribution in [2.45, 2.75) is 24.3 Å². The van der Waals surface area contributed by atoms with Crippen molar-refractivity contribution in [2.24, 2.45) is 11.8 Å². The Kier molecular flexibility index (Phi) is 1.99. The topological polar surface area (TPSA) is 83.8 Å². The molecule has 88 valence electrons. The summed E-state index contributed by atoms with van der Waals surface area (Å²) in [6.45, 7) is 0. The smallest absolute Gasteiger partial charge is 0.312 e. The fraction of sp³-hybridized carbons (Fsp3) is 0.800. The predicted octanol–water partition coefficient (Wildman–Crippen LogP) is -1.31. The maximum atomic E-state index is 11.7. The number of rotatable bonds is 2. The summed E-state index contributed by atoms with van der Waals surface area (Å²) in [5, 5.41) is 3.21. The van der Waals surface area contributed by atoms with Gasteiger partial charge in [0.05, 0.1) is 38.5 Å². The molecule has 2 bridgehead atoms. The van der Waals surface area contributed by atoms with Crippen LogP contribution in [0.2, 0.25) is 0 Å². The molecule has 0 spiro atoms. The standard InChI is InChI=1S/C10H13NO5/c1-14-9(12)3-4(10(13)15-2)8-6-5(11-6)7(3)16-8/h3-8,11H,1-2H3/t3-,4+,5+,6-,7-,8+. The molecule has 3 heterocycles. The van der Waals surface area contributed by atoms with Gasteiger partial charge in [0.1, 0.15) is 11.8 Å². The van der Waals surface area contributed by atoms with E-state index in [-0.39, 0.29) is 24.3 Å². The fourth-order valence-corrected chi connectivity index (χ4v) is 2.97. The van der Waals surface area contributed by atoms with Crippen LogP contribution in [-0.4, -0.2) is 50.4 Å². The second kappa shape index (κ2) is 3.18. The minimum absolute atomic E-state index is 0.204. The van der Waals surface area contributed by atoms with Crippen LogP contribution >= 0.6 is 0 Å². The summed E-state index contributed by atoms with van der Waals surface area (Å²) < 4.78 is 15.1. The van der Waals surface area contributed by atoms with E-state index in [2.05, 4.69) is 5.32 Å². The molecule has 0 aromatic heterocycles. The first-order valence-corrected chi connectivity index (χ1v) is 5.26. The van der Waals surface area contributed by atoms with Gasteiger partial charge in [-0.2, -0.15) is 0 Å². The first-order chi connectivity index (χ1) is 7.69. The van der Waals surface area contributed by atoms with Crippen LogP contribution in [0.25, 0.3) is 0 Å². The van der Waals surface area contributed by atoms with E-state index in [0.717, 1.165) is 0 Å². The van der Waals surface area contributed by atoms with Crippen LogP contribution < -0.4 is 5.32 Å². The minimum Gasteiger partial charge on any atom is -0.469 e. The van der Waals surface area contributed by atoms with E-state index >= 15 is 0 Å². The van der Waals surface area contributed by atoms with Gasteiger partial charge in [-0.15, -0.1) is 0 Å². The minimum atomic E-state index is -0.529. The van der Waals surface area contributed by atoms with Crippen molar-refractivity contribution in [3.63, 3.8) is 0 Å². The lowest BCUT2D eigenvalue weighted by Gasteiger charge is -2.22. The highest BCUT2D eigenvalue weighted by molar-refractivity contribution is 5.85. The average Bonchev–Trinajstić information content (AvgIpc) is 2.93. The summed E-state index contributed by atoms with van der Waals surface area (Å²) in [6, 6.07) is 0.407. The van der Waals surface area contributed by atoms with Crippen molar-refractivity contribution in [1.82, 2.24) is 5.32 Å². The lowest BCUT2D eigenvalue weighted by Crippen LogP contribution is -2.42. The molecule has 3 rings (SSSR count). The summed E-state index contributed by atoms with van der Waals surface area (Å²) in [7, 11) is 2.64. The summed E-state index contributed by atoms with van der Waals surface area (Å²) in [4.78, 5) is 23.3. The summed E-state index contributed by atoms with van der Waals surface area (Å²) >= 11 is 0. The molecule has 0 aliphatic carbocycles. The molecule has 0 saturated carbocycles. The highest BCUT2D eigenvalue weighted by Gasteiger charge is 2.71. The van der Waals surface area contributed by atoms with E-state index in [1.54, 1.807) is 0 Å². The molecule has 6 nitrogen and oxygen atoms in total. The predicted molar refractivity (Wildman–Crippen MR) is 50.4 cm³/mol. The number of ether oxygens (including phenoxy) is 3. The zero-order valence-electron chi connectivity index (χ0n) is 9.01. The van der Waals surface area contributed by atoms with Crippen LogP contribution in [-0.2, 0) is 23.8 Å². The molecule has 0 unspecified atom stereocenters. The maximum Gasteiger partial charge on any atom is 0.312 e. The number of hydrogen-bond acceptors (Lipinski definition) is 6. The van der Waals surface area contributed by atoms with E-state index < -0.39 is 23.8 Å². The average molecular weight is 227 g/mol. The van der Waals surface area contributed by atoms with Gasteiger partial charge in [0.25, 0.3) is 0 Å². The molecule has 0 amide bonds. The number of esters is 2. The monoisotopic (exact) mass is 227 g/mol. The number of carbonyl (C=O) groups is 2. The van der Waals surface area contributed by atoms with Crippen LogP contribution in [0.15, 0.2) is 0 Å². The molecule has 1 N–H and O–H groups in total. The van der Waals surface area contributed by atoms with Crippen LogP contribution in [0.4, 0.5) is 0 Å². The Morgan fingerprint density at radius 1 is 1.00 bits per heavy atom. The number of carbonyl (C=O) groups excluding carboxylic acids is 2. The second-order valence-electron chi connectivity index (χ2n) is 4.38. The summed E-state index contributed by atoms with van der Waals surface area (Å²) in [6.07, 6.45) is -0.488. The van der Waals surface area contributed by atoms with E-state index in [9.17, 15) is 9.59 Å². The Labute approximate surface area is 92.2 Å². The highest BCUT2D eigenvalue weighted by atomic mass is 16.6. The van der Waals surface area contributed by atoms with Crippen molar-refractivity contribution < 1.29 is 23.8 Å². The molecule has 0 radical (unpaired) electrons. The molecule has 3 saturated heterocycles. The number of methoxy groups -OCH3 is 2. The molecule has 6 heteroatoms. The Hall–Kier alpha value is -1.14. The Balaban J connectivity index is 1.89. The third-order valence-electron chi connectivity index (χ3n) is 3.73. The van der Waals surface area contributed by atoms with Crippen LogP contribution in [0.5, 0.6) is 0 Å². The number of nitrogens with one attached hydrogen (secondary N) is 1. The zero-order valence-corrected chi connectivity index (χ0v) is 9.01. The zero-order chi connectivity index (χ0) is 11.4. The maximum absolute atomic E-state index is 11.7. The lowest BCUT2D eigenvalue weighted by molar-refractivity contribution is -0.157. The number of fused-ring (bicyclic) bond motifs is 5. The Bertz CT molecular complexity index is 325. The van der Waals surface area contributed by atoms with Crippen LogP contribution in [0, 0.1) is 11.8 Å². The van der Waals surface area contributed by atoms with Gasteiger partial charge in [-0.3, -0.25) is 9.59 Å². The van der Waals surface area contributed by atoms with Crippen molar-refractivity contribution in [2.75, 3.05) is 14.2 Å². The van der Waals surface area contributed by atoms with E-state index in [4.69, 9.17) is 14.2 Å². The first kappa shape index (κ1) is 10.0. The van der Waals surface area contributed by atoms with E-state index in [0.29, 0.717) is 0 Å². The molecule has 0 aromatic rings. The molecular formula is C10H13NO5. The third kappa shape index (κ3) is 1.08. The molecule has 16 heavy (non-hydrogen) atoms. The van der Waals surface area contributed by atoms with Gasteiger partial charge >= 0.3 is 11.9 Å². The number of morpholine rings is 1. The SMILES string of the molecule is COC(=O)[C@@H]1[C@@H]2O[C@@H]([C@H]3N[C@H]32)[C@@H]1C(=O)OC. The summed E-state index contributed by atoms with van der Waals surface area (Å²) in [5.74, 6) is -1.84. The van der Waals surface area contributed by atoms with Gasteiger partial charge in [-0.05, 0) is 0 Å². The molecule has 3 aliphatic rings. The fourth-order valence-electron chi connectivity index (χ4n) is 2.97. The normalized spacial score (nSPS) is 47.4. The van der Waals surface area contributed by atoms with Crippen molar-refractivity contribution in [3.05, 3.63) is 0 Å². The number of hydrogen-bond donors (Lipinski definition) is 1. The van der Waals surface area contributed by atoms with Gasteiger partial charge in [0.15, 0.2) is 0 Å². The highest BCUT2D eigenvalue weighted by Crippen LogP contribution is 2.50. The quantitative estimate of drug-likeness (QED) is 0.465. The summed E-state index contributed by atoms with van der Waals surface area (Å²) in [5.41, 5.74) is 0. The van der Waals surface area contributed by atoms with Crippen LogP contribution in [0.1, 0.15) is 0 Å². The van der Waals surface area contributed by atoms with Crippen LogP contribution in [0.3, 0.4) is 0 Å². The molecule has 3 aliphatic heterocycles. The van der Waals surface area contributed by atoms with Crippen molar-refractivity contribution >= 4 is 11.9 Å². The second-order valence-corrected chi connectivity index (χ2v) is 4.38. The molecule has 3 fully saturated rings. The van der Waals surface area contributed by atoms with E-state index in [1.165, 1.54) is 14.2 Å². The Morgan fingerprint density at radius 3 is 1.81 bits per heavy atom. The third-order valence-corrected chi connectivity index (χ3v) is 3.73. The molecular weight excluding hydrogens is 214 g/mol. The molecule has 0 aromatic carbocycles. The van der Waals surface area contributed by atoms with Gasteiger partial charge in [-0.25, -0.2) is 0 Å². The Morgan fingerprint density at radius 2 is 1.44 bits per heavy atom. The van der Waals surface area contributed by atoms with Gasteiger partial charge in [-0.1, -0.05) is 0 Å². The lowest BCUT2D eigenvalue weighted by atomic mass is 9.79. The first-order valence-electron chi connectivity index (χ1n) is 5.26. The largest absolute Gasteiger partial charge is 0.469 e.